The normalized spacial score (nSPS) is 11.9. The van der Waals surface area contributed by atoms with Crippen molar-refractivity contribution in [3.8, 4) is 0 Å². The van der Waals surface area contributed by atoms with Gasteiger partial charge in [-0.25, -0.2) is 0 Å². The van der Waals surface area contributed by atoms with E-state index in [0.29, 0.717) is 25.4 Å². The third-order valence-corrected chi connectivity index (χ3v) is 2.75. The van der Waals surface area contributed by atoms with Crippen molar-refractivity contribution in [3.05, 3.63) is 0 Å². The summed E-state index contributed by atoms with van der Waals surface area (Å²) in [6.45, 7) is 5.27. The van der Waals surface area contributed by atoms with Crippen molar-refractivity contribution < 1.29 is 9.59 Å². The van der Waals surface area contributed by atoms with E-state index in [9.17, 15) is 9.59 Å². The van der Waals surface area contributed by atoms with Gasteiger partial charge >= 0.3 is 0 Å². The van der Waals surface area contributed by atoms with Gasteiger partial charge in [-0.15, -0.1) is 0 Å². The largest absolute Gasteiger partial charge is 0.355 e. The lowest BCUT2D eigenvalue weighted by molar-refractivity contribution is -0.126. The van der Waals surface area contributed by atoms with Crippen LogP contribution >= 0.6 is 0 Å². The Kier molecular flexibility index (Phi) is 9.43. The first-order valence-corrected chi connectivity index (χ1v) is 6.37. The zero-order valence-corrected chi connectivity index (χ0v) is 10.9. The van der Waals surface area contributed by atoms with Crippen LogP contribution in [0.15, 0.2) is 0 Å². The van der Waals surface area contributed by atoms with Crippen LogP contribution in [0.2, 0.25) is 0 Å². The molecule has 0 radical (unpaired) electrons. The van der Waals surface area contributed by atoms with E-state index in [0.717, 1.165) is 19.3 Å². The minimum atomic E-state index is -0.144. The van der Waals surface area contributed by atoms with E-state index >= 15 is 0 Å². The highest BCUT2D eigenvalue weighted by atomic mass is 16.2. The quantitative estimate of drug-likeness (QED) is 0.548. The minimum absolute atomic E-state index is 0.0632. The molecule has 17 heavy (non-hydrogen) atoms. The lowest BCUT2D eigenvalue weighted by atomic mass is 9.96. The topological polar surface area (TPSA) is 84.2 Å². The standard InChI is InChI=1S/C12H25N3O2/c1-3-10(7-8-13)5-6-11(16)15-9-12(17)14-4-2/h10H,3-9,13H2,1-2H3,(H,14,17)(H,15,16). The van der Waals surface area contributed by atoms with Crippen LogP contribution in [0.1, 0.15) is 39.5 Å². The first kappa shape index (κ1) is 15.9. The molecule has 1 unspecified atom stereocenters. The number of hydrogen-bond donors (Lipinski definition) is 3. The lowest BCUT2D eigenvalue weighted by Crippen LogP contribution is -2.36. The minimum Gasteiger partial charge on any atom is -0.355 e. The first-order valence-electron chi connectivity index (χ1n) is 6.37. The van der Waals surface area contributed by atoms with Crippen LogP contribution in [0.4, 0.5) is 0 Å². The van der Waals surface area contributed by atoms with Gasteiger partial charge in [0.15, 0.2) is 0 Å². The van der Waals surface area contributed by atoms with E-state index in [4.69, 9.17) is 5.73 Å². The molecule has 100 valence electrons. The van der Waals surface area contributed by atoms with Gasteiger partial charge in [0.05, 0.1) is 6.54 Å². The molecule has 0 aliphatic heterocycles. The fraction of sp³-hybridized carbons (Fsp3) is 0.833. The zero-order chi connectivity index (χ0) is 13.1. The fourth-order valence-corrected chi connectivity index (χ4v) is 1.65. The number of carbonyl (C=O) groups is 2. The second kappa shape index (κ2) is 10.1. The molecule has 0 aliphatic rings. The molecule has 0 aromatic carbocycles. The zero-order valence-electron chi connectivity index (χ0n) is 10.9. The summed E-state index contributed by atoms with van der Waals surface area (Å²) in [6, 6.07) is 0. The van der Waals surface area contributed by atoms with Crippen molar-refractivity contribution in [1.82, 2.24) is 10.6 Å². The summed E-state index contributed by atoms with van der Waals surface area (Å²) in [4.78, 5) is 22.6. The molecular weight excluding hydrogens is 218 g/mol. The molecular formula is C12H25N3O2. The number of carbonyl (C=O) groups excluding carboxylic acids is 2. The Hall–Kier alpha value is -1.10. The highest BCUT2D eigenvalue weighted by Crippen LogP contribution is 2.13. The van der Waals surface area contributed by atoms with Crippen LogP contribution in [-0.4, -0.2) is 31.4 Å². The molecule has 0 fully saturated rings. The van der Waals surface area contributed by atoms with E-state index in [1.165, 1.54) is 0 Å². The summed E-state index contributed by atoms with van der Waals surface area (Å²) in [5, 5.41) is 5.23. The molecule has 0 aliphatic carbocycles. The maximum Gasteiger partial charge on any atom is 0.239 e. The molecule has 5 heteroatoms. The molecule has 5 nitrogen and oxygen atoms in total. The number of hydrogen-bond acceptors (Lipinski definition) is 3. The first-order chi connectivity index (χ1) is 8.13. The van der Waals surface area contributed by atoms with Gasteiger partial charge in [-0.05, 0) is 32.2 Å². The molecule has 0 aromatic rings. The van der Waals surface area contributed by atoms with Gasteiger partial charge in [0.1, 0.15) is 0 Å². The number of likely N-dealkylation sites (N-methyl/N-ethyl adjacent to an activating group) is 1. The van der Waals surface area contributed by atoms with Crippen molar-refractivity contribution in [2.24, 2.45) is 11.7 Å². The molecule has 0 bridgehead atoms. The Labute approximate surface area is 104 Å². The summed E-state index contributed by atoms with van der Waals surface area (Å²) < 4.78 is 0. The average Bonchev–Trinajstić information content (AvgIpc) is 2.32. The average molecular weight is 243 g/mol. The Morgan fingerprint density at radius 2 is 1.82 bits per heavy atom. The Bertz CT molecular complexity index is 232. The Balaban J connectivity index is 3.67. The van der Waals surface area contributed by atoms with Gasteiger partial charge in [-0.3, -0.25) is 9.59 Å². The molecule has 0 heterocycles. The van der Waals surface area contributed by atoms with Gasteiger partial charge in [0.25, 0.3) is 0 Å². The van der Waals surface area contributed by atoms with Crippen molar-refractivity contribution in [3.63, 3.8) is 0 Å². The van der Waals surface area contributed by atoms with Crippen LogP contribution in [0.3, 0.4) is 0 Å². The highest BCUT2D eigenvalue weighted by Gasteiger charge is 2.09. The van der Waals surface area contributed by atoms with Crippen LogP contribution < -0.4 is 16.4 Å². The van der Waals surface area contributed by atoms with Gasteiger partial charge in [0, 0.05) is 13.0 Å². The second-order valence-electron chi connectivity index (χ2n) is 4.12. The van der Waals surface area contributed by atoms with E-state index in [1.807, 2.05) is 6.92 Å². The van der Waals surface area contributed by atoms with E-state index < -0.39 is 0 Å². The molecule has 4 N–H and O–H groups in total. The number of nitrogens with two attached hydrogens (primary N) is 1. The van der Waals surface area contributed by atoms with Gasteiger partial charge in [-0.1, -0.05) is 13.3 Å². The van der Waals surface area contributed by atoms with Gasteiger partial charge < -0.3 is 16.4 Å². The van der Waals surface area contributed by atoms with E-state index in [-0.39, 0.29) is 18.4 Å². The second-order valence-corrected chi connectivity index (χ2v) is 4.12. The fourth-order valence-electron chi connectivity index (χ4n) is 1.65. The molecule has 1 atom stereocenters. The predicted octanol–water partition coefficient (Wildman–Crippen LogP) is 0.394. The summed E-state index contributed by atoms with van der Waals surface area (Å²) in [6.07, 6.45) is 3.31. The smallest absolute Gasteiger partial charge is 0.239 e. The number of amides is 2. The summed E-state index contributed by atoms with van der Waals surface area (Å²) >= 11 is 0. The van der Waals surface area contributed by atoms with Crippen LogP contribution in [0.5, 0.6) is 0 Å². The van der Waals surface area contributed by atoms with Crippen molar-refractivity contribution >= 4 is 11.8 Å². The lowest BCUT2D eigenvalue weighted by Gasteiger charge is -2.13. The van der Waals surface area contributed by atoms with Crippen LogP contribution in [0, 0.1) is 5.92 Å². The maximum atomic E-state index is 11.5. The molecule has 0 spiro atoms. The molecule has 0 rings (SSSR count). The van der Waals surface area contributed by atoms with Gasteiger partial charge in [0.2, 0.25) is 11.8 Å². The van der Waals surface area contributed by atoms with Crippen LogP contribution in [-0.2, 0) is 9.59 Å². The van der Waals surface area contributed by atoms with E-state index in [1.54, 1.807) is 0 Å². The molecule has 0 saturated carbocycles. The number of rotatable bonds is 9. The molecule has 0 saturated heterocycles. The SMILES string of the molecule is CCNC(=O)CNC(=O)CCC(CC)CCN. The predicted molar refractivity (Wildman–Crippen MR) is 68.4 cm³/mol. The van der Waals surface area contributed by atoms with Crippen molar-refractivity contribution in [2.75, 3.05) is 19.6 Å². The third kappa shape index (κ3) is 8.68. The van der Waals surface area contributed by atoms with Crippen molar-refractivity contribution in [2.45, 2.75) is 39.5 Å². The van der Waals surface area contributed by atoms with E-state index in [2.05, 4.69) is 17.6 Å². The van der Waals surface area contributed by atoms with Crippen LogP contribution in [0.25, 0.3) is 0 Å². The Morgan fingerprint density at radius 3 is 2.35 bits per heavy atom. The van der Waals surface area contributed by atoms with Gasteiger partial charge in [-0.2, -0.15) is 0 Å². The molecule has 2 amide bonds. The summed E-state index contributed by atoms with van der Waals surface area (Å²) in [5.41, 5.74) is 5.49. The monoisotopic (exact) mass is 243 g/mol. The summed E-state index contributed by atoms with van der Waals surface area (Å²) in [7, 11) is 0. The highest BCUT2D eigenvalue weighted by molar-refractivity contribution is 5.84. The summed E-state index contributed by atoms with van der Waals surface area (Å²) in [5.74, 6) is 0.303. The molecule has 0 aromatic heterocycles. The Morgan fingerprint density at radius 1 is 1.12 bits per heavy atom. The number of nitrogens with one attached hydrogen (secondary N) is 2. The third-order valence-electron chi connectivity index (χ3n) is 2.75. The maximum absolute atomic E-state index is 11.5. The van der Waals surface area contributed by atoms with Crippen molar-refractivity contribution in [1.29, 1.82) is 0 Å².